The number of carboxylic acid groups (broad SMARTS) is 1. The maximum atomic E-state index is 11.7. The summed E-state index contributed by atoms with van der Waals surface area (Å²) in [5.41, 5.74) is 2.13. The van der Waals surface area contributed by atoms with Crippen LogP contribution < -0.4 is 11.0 Å². The van der Waals surface area contributed by atoms with E-state index in [0.717, 1.165) is 0 Å². The van der Waals surface area contributed by atoms with Crippen LogP contribution in [0.3, 0.4) is 0 Å². The Balaban J connectivity index is 4.56. The van der Waals surface area contributed by atoms with Crippen LogP contribution in [0.1, 0.15) is 27.7 Å². The first kappa shape index (κ1) is 12.0. The fourth-order valence-electron chi connectivity index (χ4n) is 1.06. The highest BCUT2D eigenvalue weighted by Crippen LogP contribution is 2.04. The van der Waals surface area contributed by atoms with E-state index >= 15 is 0 Å². The van der Waals surface area contributed by atoms with Crippen LogP contribution in [0.2, 0.25) is 1.41 Å². The second-order valence-corrected chi connectivity index (χ2v) is 4.29. The number of carboxylic acids is 1. The fourth-order valence-corrected chi connectivity index (χ4v) is 1.06. The zero-order valence-corrected chi connectivity index (χ0v) is 9.57. The van der Waals surface area contributed by atoms with Crippen molar-refractivity contribution in [2.24, 2.45) is 17.6 Å². The molecule has 88 valence electrons. The minimum Gasteiger partial charge on any atom is -0.480 e. The van der Waals surface area contributed by atoms with Crippen molar-refractivity contribution >= 4 is 11.9 Å². The Morgan fingerprint density at radius 1 is 1.27 bits per heavy atom. The molecule has 0 saturated carbocycles. The molecule has 0 unspecified atom stereocenters. The molecule has 0 fully saturated rings. The molecule has 1 amide bonds. The maximum Gasteiger partial charge on any atom is 0.326 e. The second-order valence-electron chi connectivity index (χ2n) is 4.29. The lowest BCUT2D eigenvalue weighted by molar-refractivity contribution is -0.143. The zero-order chi connectivity index (χ0) is 12.9. The van der Waals surface area contributed by atoms with Crippen molar-refractivity contribution in [3.8, 4) is 0 Å². The van der Waals surface area contributed by atoms with E-state index in [9.17, 15) is 9.59 Å². The number of nitrogens with one attached hydrogen (secondary N) is 1. The van der Waals surface area contributed by atoms with Gasteiger partial charge < -0.3 is 16.2 Å². The van der Waals surface area contributed by atoms with Crippen molar-refractivity contribution in [2.45, 2.75) is 39.8 Å². The largest absolute Gasteiger partial charge is 0.480 e. The monoisotopic (exact) mass is 217 g/mol. The smallest absolute Gasteiger partial charge is 0.326 e. The van der Waals surface area contributed by atoms with Crippen LogP contribution in [0.25, 0.3) is 0 Å². The van der Waals surface area contributed by atoms with Crippen LogP contribution >= 0.6 is 0 Å². The molecular formula is C10H20N2O3. The van der Waals surface area contributed by atoms with E-state index in [0.29, 0.717) is 0 Å². The van der Waals surface area contributed by atoms with Crippen molar-refractivity contribution in [1.82, 2.24) is 5.32 Å². The molecule has 0 aliphatic rings. The average Bonchev–Trinajstić information content (AvgIpc) is 2.13. The first-order valence-electron chi connectivity index (χ1n) is 5.51. The van der Waals surface area contributed by atoms with E-state index in [4.69, 9.17) is 6.52 Å². The summed E-state index contributed by atoms with van der Waals surface area (Å²) >= 11 is 0. The molecule has 4 N–H and O–H groups in total. The number of aliphatic carboxylic acids is 1. The van der Waals surface area contributed by atoms with Crippen LogP contribution in [-0.2, 0) is 9.59 Å². The zero-order valence-electron chi connectivity index (χ0n) is 10.6. The molecule has 15 heavy (non-hydrogen) atoms. The standard InChI is InChI=1S/C10H20N2O3/c1-5(2)7(11)9(13)12-8(6(3)4)10(14)15/h5-8H,11H2,1-4H3,(H,12,13)(H,14,15)/t7-,8-/m0/s1/i/hD. The Morgan fingerprint density at radius 2 is 1.80 bits per heavy atom. The van der Waals surface area contributed by atoms with E-state index in [1.165, 1.54) is 0 Å². The molecular weight excluding hydrogens is 196 g/mol. The Morgan fingerprint density at radius 3 is 2.07 bits per heavy atom. The molecule has 0 bridgehead atoms. The number of hydrogen-bond acceptors (Lipinski definition) is 3. The van der Waals surface area contributed by atoms with E-state index in [2.05, 4.69) is 11.0 Å². The summed E-state index contributed by atoms with van der Waals surface area (Å²) in [5, 5.41) is 11.3. The second kappa shape index (κ2) is 5.70. The van der Waals surface area contributed by atoms with Crippen LogP contribution in [0.5, 0.6) is 0 Å². The number of amides is 1. The van der Waals surface area contributed by atoms with Crippen molar-refractivity contribution in [1.29, 1.82) is 0 Å². The number of rotatable bonds is 6. The molecule has 0 aliphatic heterocycles. The van der Waals surface area contributed by atoms with Gasteiger partial charge in [0, 0.05) is 0 Å². The van der Waals surface area contributed by atoms with Crippen molar-refractivity contribution < 1.29 is 16.1 Å². The van der Waals surface area contributed by atoms with Crippen LogP contribution in [0.15, 0.2) is 0 Å². The van der Waals surface area contributed by atoms with Gasteiger partial charge in [0.15, 0.2) is 0 Å². The molecule has 0 spiro atoms. The average molecular weight is 217 g/mol. The van der Waals surface area contributed by atoms with E-state index in [-0.39, 0.29) is 11.8 Å². The van der Waals surface area contributed by atoms with Gasteiger partial charge in [0.2, 0.25) is 5.91 Å². The molecule has 5 heteroatoms. The summed E-state index contributed by atoms with van der Waals surface area (Å²) in [6.45, 7) is 7.02. The molecule has 5 nitrogen and oxygen atoms in total. The molecule has 0 heterocycles. The van der Waals surface area contributed by atoms with Crippen LogP contribution in [-0.4, -0.2) is 29.1 Å². The minimum atomic E-state index is -1.06. The predicted molar refractivity (Wildman–Crippen MR) is 57.2 cm³/mol. The van der Waals surface area contributed by atoms with Gasteiger partial charge in [-0.15, -0.1) is 0 Å². The van der Waals surface area contributed by atoms with Gasteiger partial charge >= 0.3 is 5.97 Å². The van der Waals surface area contributed by atoms with E-state index < -0.39 is 24.0 Å². The summed E-state index contributed by atoms with van der Waals surface area (Å²) in [5.74, 6) is -1.78. The van der Waals surface area contributed by atoms with Gasteiger partial charge in [0.05, 0.1) is 6.04 Å². The summed E-state index contributed by atoms with van der Waals surface area (Å²) in [6.07, 6.45) is 0. The van der Waals surface area contributed by atoms with E-state index in [1.807, 2.05) is 0 Å². The van der Waals surface area contributed by atoms with Gasteiger partial charge in [-0.05, 0) is 11.8 Å². The lowest BCUT2D eigenvalue weighted by Crippen LogP contribution is -2.52. The molecule has 0 aromatic carbocycles. The van der Waals surface area contributed by atoms with Gasteiger partial charge in [0.25, 0.3) is 0 Å². The van der Waals surface area contributed by atoms with E-state index in [1.54, 1.807) is 27.7 Å². The van der Waals surface area contributed by atoms with Gasteiger partial charge in [-0.1, -0.05) is 27.7 Å². The molecule has 2 atom stereocenters. The number of nitrogens with two attached hydrogens (primary N) is 1. The summed E-state index contributed by atoms with van der Waals surface area (Å²) in [7, 11) is 0. The highest BCUT2D eigenvalue weighted by atomic mass is 16.4. The fraction of sp³-hybridized carbons (Fsp3) is 0.800. The summed E-state index contributed by atoms with van der Waals surface area (Å²) < 4.78 is 7.02. The summed E-state index contributed by atoms with van der Waals surface area (Å²) in [4.78, 5) is 22.6. The molecule has 0 rings (SSSR count). The minimum absolute atomic E-state index is 0.0703. The molecule has 0 aromatic rings. The molecule has 0 radical (unpaired) electrons. The van der Waals surface area contributed by atoms with Gasteiger partial charge in [-0.25, -0.2) is 4.79 Å². The highest BCUT2D eigenvalue weighted by Gasteiger charge is 2.26. The lowest BCUT2D eigenvalue weighted by Gasteiger charge is -2.21. The van der Waals surface area contributed by atoms with Crippen molar-refractivity contribution in [3.63, 3.8) is 0 Å². The number of carbonyl (C=O) groups is 2. The first-order chi connectivity index (χ1) is 7.31. The third-order valence-corrected chi connectivity index (χ3v) is 2.18. The van der Waals surface area contributed by atoms with Gasteiger partial charge in [-0.2, -0.15) is 0 Å². The van der Waals surface area contributed by atoms with Crippen LogP contribution in [0.4, 0.5) is 0 Å². The summed E-state index contributed by atoms with van der Waals surface area (Å²) in [6, 6.07) is -1.61. The Hall–Kier alpha value is -1.10. The number of carbonyl (C=O) groups excluding carboxylic acids is 1. The third-order valence-electron chi connectivity index (χ3n) is 2.18. The maximum absolute atomic E-state index is 11.7. The first-order valence-corrected chi connectivity index (χ1v) is 5.01. The van der Waals surface area contributed by atoms with Gasteiger partial charge in [-0.3, -0.25) is 4.79 Å². The van der Waals surface area contributed by atoms with Crippen molar-refractivity contribution in [2.75, 3.05) is 0 Å². The van der Waals surface area contributed by atoms with Gasteiger partial charge in [0.1, 0.15) is 7.45 Å². The Bertz CT molecular complexity index is 256. The Kier molecular flexibility index (Phi) is 4.55. The van der Waals surface area contributed by atoms with Crippen LogP contribution in [0, 0.1) is 11.8 Å². The quantitative estimate of drug-likeness (QED) is 0.592. The van der Waals surface area contributed by atoms with Crippen molar-refractivity contribution in [3.05, 3.63) is 0 Å². The normalized spacial score (nSPS) is 16.0. The number of hydrogen-bond donors (Lipinski definition) is 3. The predicted octanol–water partition coefficient (Wildman–Crippen LogP) is 0.195. The highest BCUT2D eigenvalue weighted by molar-refractivity contribution is 5.87. The SMILES string of the molecule is [2H]N[C@H](C(=O)N[C@H](C(=O)O)C(C)C)C(C)C. The topological polar surface area (TPSA) is 92.4 Å². The molecule has 0 aromatic heterocycles. The lowest BCUT2D eigenvalue weighted by atomic mass is 10.0. The molecule has 0 aliphatic carbocycles. The third kappa shape index (κ3) is 4.29. The Labute approximate surface area is 91.5 Å². The molecule has 0 saturated heterocycles.